The fraction of sp³-hybridized carbons (Fsp3) is 0.625. The standard InChI is InChI=1S/C16H25NO4S/c1-4-20-15-9-8-14(11-16(15)21-5-2)22(18,19)17-10-6-7-13(3)12-17/h8-9,11,13H,4-7,10,12H2,1-3H3. The van der Waals surface area contributed by atoms with Crippen molar-refractivity contribution in [1.82, 2.24) is 4.31 Å². The first-order chi connectivity index (χ1) is 10.5. The maximum atomic E-state index is 12.8. The Labute approximate surface area is 133 Å². The van der Waals surface area contributed by atoms with E-state index in [1.54, 1.807) is 22.5 Å². The van der Waals surface area contributed by atoms with E-state index in [-0.39, 0.29) is 4.90 Å². The van der Waals surface area contributed by atoms with Gasteiger partial charge in [0.15, 0.2) is 11.5 Å². The molecule has 1 aromatic rings. The van der Waals surface area contributed by atoms with Crippen molar-refractivity contribution < 1.29 is 17.9 Å². The van der Waals surface area contributed by atoms with E-state index >= 15 is 0 Å². The van der Waals surface area contributed by atoms with Crippen LogP contribution in [0, 0.1) is 5.92 Å². The molecule has 0 bridgehead atoms. The molecule has 0 spiro atoms. The van der Waals surface area contributed by atoms with Crippen LogP contribution in [0.4, 0.5) is 0 Å². The predicted octanol–water partition coefficient (Wildman–Crippen LogP) is 2.90. The van der Waals surface area contributed by atoms with Gasteiger partial charge in [0, 0.05) is 19.2 Å². The summed E-state index contributed by atoms with van der Waals surface area (Å²) in [5.41, 5.74) is 0. The molecular weight excluding hydrogens is 302 g/mol. The van der Waals surface area contributed by atoms with Crippen LogP contribution in [0.3, 0.4) is 0 Å². The van der Waals surface area contributed by atoms with E-state index in [0.29, 0.717) is 43.7 Å². The molecule has 0 amide bonds. The molecule has 22 heavy (non-hydrogen) atoms. The molecule has 1 aromatic carbocycles. The van der Waals surface area contributed by atoms with Crippen LogP contribution in [0.15, 0.2) is 23.1 Å². The lowest BCUT2D eigenvalue weighted by Crippen LogP contribution is -2.39. The van der Waals surface area contributed by atoms with Gasteiger partial charge >= 0.3 is 0 Å². The summed E-state index contributed by atoms with van der Waals surface area (Å²) >= 11 is 0. The lowest BCUT2D eigenvalue weighted by molar-refractivity contribution is 0.279. The van der Waals surface area contributed by atoms with Crippen molar-refractivity contribution >= 4 is 10.0 Å². The van der Waals surface area contributed by atoms with E-state index in [4.69, 9.17) is 9.47 Å². The number of benzene rings is 1. The number of hydrogen-bond acceptors (Lipinski definition) is 4. The number of sulfonamides is 1. The van der Waals surface area contributed by atoms with Crippen LogP contribution in [0.2, 0.25) is 0 Å². The third kappa shape index (κ3) is 3.73. The van der Waals surface area contributed by atoms with Crippen LogP contribution >= 0.6 is 0 Å². The van der Waals surface area contributed by atoms with E-state index in [2.05, 4.69) is 6.92 Å². The summed E-state index contributed by atoms with van der Waals surface area (Å²) in [6.07, 6.45) is 2.00. The van der Waals surface area contributed by atoms with E-state index < -0.39 is 10.0 Å². The number of hydrogen-bond donors (Lipinski definition) is 0. The molecule has 1 fully saturated rings. The van der Waals surface area contributed by atoms with Gasteiger partial charge in [0.05, 0.1) is 18.1 Å². The van der Waals surface area contributed by atoms with Gasteiger partial charge < -0.3 is 9.47 Å². The van der Waals surface area contributed by atoms with Crippen LogP contribution in [0.25, 0.3) is 0 Å². The summed E-state index contributed by atoms with van der Waals surface area (Å²) in [6.45, 7) is 7.98. The molecule has 1 aliphatic heterocycles. The molecule has 1 heterocycles. The number of rotatable bonds is 6. The van der Waals surface area contributed by atoms with Crippen molar-refractivity contribution in [3.63, 3.8) is 0 Å². The summed E-state index contributed by atoms with van der Waals surface area (Å²) in [5.74, 6) is 1.46. The predicted molar refractivity (Wildman–Crippen MR) is 85.9 cm³/mol. The Hall–Kier alpha value is -1.27. The summed E-state index contributed by atoms with van der Waals surface area (Å²) in [4.78, 5) is 0.272. The summed E-state index contributed by atoms with van der Waals surface area (Å²) < 4.78 is 38.2. The van der Waals surface area contributed by atoms with E-state index in [1.807, 2.05) is 13.8 Å². The van der Waals surface area contributed by atoms with Gasteiger partial charge in [0.2, 0.25) is 10.0 Å². The first kappa shape index (κ1) is 17.1. The van der Waals surface area contributed by atoms with Gasteiger partial charge in [-0.1, -0.05) is 6.92 Å². The first-order valence-electron chi connectivity index (χ1n) is 7.88. The Kier molecular flexibility index (Phi) is 5.69. The second kappa shape index (κ2) is 7.33. The summed E-state index contributed by atoms with van der Waals surface area (Å²) in [7, 11) is -3.47. The summed E-state index contributed by atoms with van der Waals surface area (Å²) in [5, 5.41) is 0. The molecule has 2 rings (SSSR count). The average Bonchev–Trinajstić information content (AvgIpc) is 2.49. The third-order valence-corrected chi connectivity index (χ3v) is 5.63. The van der Waals surface area contributed by atoms with Crippen LogP contribution in [-0.2, 0) is 10.0 Å². The Balaban J connectivity index is 2.32. The fourth-order valence-corrected chi connectivity index (χ4v) is 4.32. The SMILES string of the molecule is CCOc1ccc(S(=O)(=O)N2CCCC(C)C2)cc1OCC. The van der Waals surface area contributed by atoms with Gasteiger partial charge in [-0.25, -0.2) is 8.42 Å². The maximum absolute atomic E-state index is 12.8. The number of piperidine rings is 1. The molecule has 0 radical (unpaired) electrons. The smallest absolute Gasteiger partial charge is 0.243 e. The van der Waals surface area contributed by atoms with Crippen molar-refractivity contribution in [3.05, 3.63) is 18.2 Å². The van der Waals surface area contributed by atoms with Gasteiger partial charge in [0.25, 0.3) is 0 Å². The molecule has 0 N–H and O–H groups in total. The zero-order valence-corrected chi connectivity index (χ0v) is 14.4. The van der Waals surface area contributed by atoms with Crippen molar-refractivity contribution in [2.75, 3.05) is 26.3 Å². The normalized spacial score (nSPS) is 19.9. The molecular formula is C16H25NO4S. The zero-order chi connectivity index (χ0) is 16.2. The van der Waals surface area contributed by atoms with Crippen LogP contribution in [0.5, 0.6) is 11.5 Å². The number of ether oxygens (including phenoxy) is 2. The minimum Gasteiger partial charge on any atom is -0.490 e. The topological polar surface area (TPSA) is 55.8 Å². The highest BCUT2D eigenvalue weighted by molar-refractivity contribution is 7.89. The molecule has 1 saturated heterocycles. The van der Waals surface area contributed by atoms with Gasteiger partial charge in [-0.3, -0.25) is 0 Å². The Morgan fingerprint density at radius 2 is 1.86 bits per heavy atom. The molecule has 6 heteroatoms. The quantitative estimate of drug-likeness (QED) is 0.806. The van der Waals surface area contributed by atoms with Gasteiger partial charge in [-0.15, -0.1) is 0 Å². The lowest BCUT2D eigenvalue weighted by atomic mass is 10.0. The molecule has 1 atom stereocenters. The lowest BCUT2D eigenvalue weighted by Gasteiger charge is -2.30. The Morgan fingerprint density at radius 1 is 1.18 bits per heavy atom. The van der Waals surface area contributed by atoms with E-state index in [9.17, 15) is 8.42 Å². The Morgan fingerprint density at radius 3 is 2.50 bits per heavy atom. The highest BCUT2D eigenvalue weighted by Gasteiger charge is 2.29. The molecule has 1 unspecified atom stereocenters. The van der Waals surface area contributed by atoms with Crippen molar-refractivity contribution in [1.29, 1.82) is 0 Å². The first-order valence-corrected chi connectivity index (χ1v) is 9.32. The largest absolute Gasteiger partial charge is 0.490 e. The van der Waals surface area contributed by atoms with Gasteiger partial charge in [-0.2, -0.15) is 4.31 Å². The highest BCUT2D eigenvalue weighted by Crippen LogP contribution is 2.32. The average molecular weight is 327 g/mol. The molecule has 0 aromatic heterocycles. The third-order valence-electron chi connectivity index (χ3n) is 3.77. The van der Waals surface area contributed by atoms with E-state index in [0.717, 1.165) is 12.8 Å². The molecule has 5 nitrogen and oxygen atoms in total. The summed E-state index contributed by atoms with van der Waals surface area (Å²) in [6, 6.07) is 4.85. The maximum Gasteiger partial charge on any atom is 0.243 e. The second-order valence-corrected chi connectivity index (χ2v) is 7.52. The van der Waals surface area contributed by atoms with Crippen LogP contribution in [-0.4, -0.2) is 39.0 Å². The van der Waals surface area contributed by atoms with Crippen molar-refractivity contribution in [2.45, 2.75) is 38.5 Å². The monoisotopic (exact) mass is 327 g/mol. The Bertz CT molecular complexity index is 600. The minimum absolute atomic E-state index is 0.272. The highest BCUT2D eigenvalue weighted by atomic mass is 32.2. The molecule has 124 valence electrons. The minimum atomic E-state index is -3.47. The number of nitrogens with zero attached hydrogens (tertiary/aromatic N) is 1. The van der Waals surface area contributed by atoms with E-state index in [1.165, 1.54) is 0 Å². The fourth-order valence-electron chi connectivity index (χ4n) is 2.71. The zero-order valence-electron chi connectivity index (χ0n) is 13.5. The van der Waals surface area contributed by atoms with Gasteiger partial charge in [-0.05, 0) is 44.7 Å². The van der Waals surface area contributed by atoms with Crippen LogP contribution in [0.1, 0.15) is 33.6 Å². The molecule has 0 aliphatic carbocycles. The van der Waals surface area contributed by atoms with Crippen molar-refractivity contribution in [3.8, 4) is 11.5 Å². The van der Waals surface area contributed by atoms with Gasteiger partial charge in [0.1, 0.15) is 0 Å². The molecule has 1 aliphatic rings. The second-order valence-electron chi connectivity index (χ2n) is 5.59. The molecule has 0 saturated carbocycles. The van der Waals surface area contributed by atoms with Crippen molar-refractivity contribution in [2.24, 2.45) is 5.92 Å². The van der Waals surface area contributed by atoms with Crippen LogP contribution < -0.4 is 9.47 Å².